The van der Waals surface area contributed by atoms with Gasteiger partial charge in [0.15, 0.2) is 5.75 Å². The molecule has 0 amide bonds. The third kappa shape index (κ3) is 2.15. The van der Waals surface area contributed by atoms with Crippen molar-refractivity contribution in [1.82, 2.24) is 0 Å². The average molecular weight is 233 g/mol. The van der Waals surface area contributed by atoms with Crippen LogP contribution in [0.3, 0.4) is 0 Å². The maximum absolute atomic E-state index is 9.41. The van der Waals surface area contributed by atoms with Gasteiger partial charge in [0.1, 0.15) is 0 Å². The molecule has 0 atom stereocenters. The van der Waals surface area contributed by atoms with Crippen molar-refractivity contribution in [1.29, 1.82) is 0 Å². The summed E-state index contributed by atoms with van der Waals surface area (Å²) < 4.78 is 0. The van der Waals surface area contributed by atoms with Crippen LogP contribution >= 0.6 is 23.2 Å². The lowest BCUT2D eigenvalue weighted by Gasteiger charge is -2.24. The predicted molar refractivity (Wildman–Crippen MR) is 61.4 cm³/mol. The highest BCUT2D eigenvalue weighted by Gasteiger charge is 2.20. The van der Waals surface area contributed by atoms with Crippen LogP contribution in [0.2, 0.25) is 10.0 Å². The monoisotopic (exact) mass is 232 g/mol. The Morgan fingerprint density at radius 3 is 2.00 bits per heavy atom. The molecule has 0 unspecified atom stereocenters. The lowest BCUT2D eigenvalue weighted by Crippen LogP contribution is -2.15. The zero-order chi connectivity index (χ0) is 10.9. The number of phenols is 1. The summed E-state index contributed by atoms with van der Waals surface area (Å²) in [6, 6.07) is 3.54. The molecule has 78 valence electrons. The topological polar surface area (TPSA) is 20.2 Å². The van der Waals surface area contributed by atoms with Gasteiger partial charge in [-0.15, -0.1) is 0 Å². The summed E-state index contributed by atoms with van der Waals surface area (Å²) in [5, 5.41) is 10.0. The number of halogens is 2. The molecule has 3 heteroatoms. The molecule has 0 heterocycles. The van der Waals surface area contributed by atoms with E-state index in [4.69, 9.17) is 23.2 Å². The molecular weight excluding hydrogens is 219 g/mol. The first-order chi connectivity index (χ1) is 6.38. The molecule has 1 aromatic carbocycles. The van der Waals surface area contributed by atoms with Crippen LogP contribution in [0.4, 0.5) is 0 Å². The molecule has 1 nitrogen and oxygen atoms in total. The largest absolute Gasteiger partial charge is 0.505 e. The fourth-order valence-corrected chi connectivity index (χ4v) is 1.65. The van der Waals surface area contributed by atoms with Crippen LogP contribution in [0.1, 0.15) is 32.8 Å². The van der Waals surface area contributed by atoms with Crippen molar-refractivity contribution in [2.24, 2.45) is 0 Å². The van der Waals surface area contributed by atoms with Gasteiger partial charge in [0.05, 0.1) is 10.0 Å². The van der Waals surface area contributed by atoms with E-state index < -0.39 is 0 Å². The highest BCUT2D eigenvalue weighted by Crippen LogP contribution is 2.37. The van der Waals surface area contributed by atoms with Crippen LogP contribution in [-0.2, 0) is 5.41 Å². The Labute approximate surface area is 94.7 Å². The maximum atomic E-state index is 9.41. The van der Waals surface area contributed by atoms with E-state index >= 15 is 0 Å². The molecule has 0 saturated carbocycles. The molecule has 0 spiro atoms. The second kappa shape index (κ2) is 4.00. The molecular formula is C11H14Cl2O. The van der Waals surface area contributed by atoms with Gasteiger partial charge >= 0.3 is 0 Å². The van der Waals surface area contributed by atoms with Crippen LogP contribution in [0, 0.1) is 0 Å². The smallest absolute Gasteiger partial charge is 0.152 e. The minimum atomic E-state index is -0.0380. The molecule has 0 saturated heterocycles. The summed E-state index contributed by atoms with van der Waals surface area (Å²) in [6.07, 6.45) is 0.991. The summed E-state index contributed by atoms with van der Waals surface area (Å²) in [4.78, 5) is 0. The second-order valence-electron chi connectivity index (χ2n) is 4.03. The van der Waals surface area contributed by atoms with Crippen molar-refractivity contribution in [3.05, 3.63) is 27.7 Å². The SMILES string of the molecule is CCC(C)(C)c1cc(Cl)c(O)c(Cl)c1. The van der Waals surface area contributed by atoms with E-state index in [2.05, 4.69) is 20.8 Å². The Kier molecular flexibility index (Phi) is 3.33. The van der Waals surface area contributed by atoms with E-state index in [1.54, 1.807) is 12.1 Å². The van der Waals surface area contributed by atoms with Gasteiger partial charge in [-0.05, 0) is 29.5 Å². The van der Waals surface area contributed by atoms with Crippen LogP contribution in [0.5, 0.6) is 5.75 Å². The lowest BCUT2D eigenvalue weighted by molar-refractivity contribution is 0.472. The van der Waals surface area contributed by atoms with Gasteiger partial charge in [0.2, 0.25) is 0 Å². The molecule has 1 rings (SSSR count). The van der Waals surface area contributed by atoms with E-state index in [9.17, 15) is 5.11 Å². The van der Waals surface area contributed by atoms with E-state index in [0.717, 1.165) is 12.0 Å². The Bertz CT molecular complexity index is 322. The molecule has 0 bridgehead atoms. The molecule has 1 N–H and O–H groups in total. The van der Waals surface area contributed by atoms with Gasteiger partial charge in [-0.2, -0.15) is 0 Å². The minimum Gasteiger partial charge on any atom is -0.505 e. The van der Waals surface area contributed by atoms with Crippen molar-refractivity contribution >= 4 is 23.2 Å². The molecule has 0 aliphatic carbocycles. The van der Waals surface area contributed by atoms with Crippen molar-refractivity contribution in [2.75, 3.05) is 0 Å². The number of aromatic hydroxyl groups is 1. The molecule has 14 heavy (non-hydrogen) atoms. The van der Waals surface area contributed by atoms with Gasteiger partial charge in [-0.3, -0.25) is 0 Å². The first-order valence-corrected chi connectivity index (χ1v) is 5.32. The maximum Gasteiger partial charge on any atom is 0.152 e. The Morgan fingerprint density at radius 1 is 1.21 bits per heavy atom. The highest BCUT2D eigenvalue weighted by atomic mass is 35.5. The Hall–Kier alpha value is -0.400. The van der Waals surface area contributed by atoms with Gasteiger partial charge in [0.25, 0.3) is 0 Å². The summed E-state index contributed by atoms with van der Waals surface area (Å²) >= 11 is 11.7. The Morgan fingerprint density at radius 2 is 1.64 bits per heavy atom. The first-order valence-electron chi connectivity index (χ1n) is 4.57. The number of benzene rings is 1. The predicted octanol–water partition coefficient (Wildman–Crippen LogP) is 4.39. The third-order valence-corrected chi connectivity index (χ3v) is 3.26. The highest BCUT2D eigenvalue weighted by molar-refractivity contribution is 6.37. The summed E-state index contributed by atoms with van der Waals surface area (Å²) in [6.45, 7) is 6.34. The van der Waals surface area contributed by atoms with Crippen molar-refractivity contribution < 1.29 is 5.11 Å². The zero-order valence-corrected chi connectivity index (χ0v) is 10.1. The van der Waals surface area contributed by atoms with Gasteiger partial charge in [0, 0.05) is 0 Å². The second-order valence-corrected chi connectivity index (χ2v) is 4.84. The third-order valence-electron chi connectivity index (χ3n) is 2.68. The lowest BCUT2D eigenvalue weighted by atomic mass is 9.82. The molecule has 0 fully saturated rings. The quantitative estimate of drug-likeness (QED) is 0.803. The standard InChI is InChI=1S/C11H14Cl2O/c1-4-11(2,3)7-5-8(12)10(14)9(13)6-7/h5-6,14H,4H2,1-3H3. The van der Waals surface area contributed by atoms with E-state index in [1.165, 1.54) is 0 Å². The zero-order valence-electron chi connectivity index (χ0n) is 8.56. The van der Waals surface area contributed by atoms with Crippen LogP contribution in [0.25, 0.3) is 0 Å². The summed E-state index contributed by atoms with van der Waals surface area (Å²) in [7, 11) is 0. The summed E-state index contributed by atoms with van der Waals surface area (Å²) in [5.74, 6) is -0.0380. The average Bonchev–Trinajstić information content (AvgIpc) is 2.13. The molecule has 0 aliphatic rings. The van der Waals surface area contributed by atoms with E-state index in [-0.39, 0.29) is 11.2 Å². The van der Waals surface area contributed by atoms with Gasteiger partial charge in [-0.1, -0.05) is 44.0 Å². The van der Waals surface area contributed by atoms with Crippen molar-refractivity contribution in [2.45, 2.75) is 32.6 Å². The number of rotatable bonds is 2. The first kappa shape index (κ1) is 11.7. The Balaban J connectivity index is 3.26. The van der Waals surface area contributed by atoms with Crippen molar-refractivity contribution in [3.63, 3.8) is 0 Å². The molecule has 0 aliphatic heterocycles. The van der Waals surface area contributed by atoms with Gasteiger partial charge < -0.3 is 5.11 Å². The van der Waals surface area contributed by atoms with Crippen LogP contribution in [-0.4, -0.2) is 5.11 Å². The van der Waals surface area contributed by atoms with E-state index in [1.807, 2.05) is 0 Å². The number of hydrogen-bond donors (Lipinski definition) is 1. The fourth-order valence-electron chi connectivity index (χ4n) is 1.16. The molecule has 0 radical (unpaired) electrons. The van der Waals surface area contributed by atoms with Crippen molar-refractivity contribution in [3.8, 4) is 5.75 Å². The number of hydrogen-bond acceptors (Lipinski definition) is 1. The van der Waals surface area contributed by atoms with Crippen LogP contribution < -0.4 is 0 Å². The van der Waals surface area contributed by atoms with Crippen LogP contribution in [0.15, 0.2) is 12.1 Å². The van der Waals surface area contributed by atoms with E-state index in [0.29, 0.717) is 10.0 Å². The number of phenolic OH excluding ortho intramolecular Hbond substituents is 1. The summed E-state index contributed by atoms with van der Waals surface area (Å²) in [5.41, 5.74) is 1.08. The van der Waals surface area contributed by atoms with Gasteiger partial charge in [-0.25, -0.2) is 0 Å². The molecule has 1 aromatic rings. The minimum absolute atomic E-state index is 0.0288. The fraction of sp³-hybridized carbons (Fsp3) is 0.455. The molecule has 0 aromatic heterocycles. The normalized spacial score (nSPS) is 11.8.